The predicted molar refractivity (Wildman–Crippen MR) is 189 cm³/mol. The molecule has 4 N–H and O–H groups in total. The van der Waals surface area contributed by atoms with E-state index >= 15 is 0 Å². The predicted octanol–water partition coefficient (Wildman–Crippen LogP) is 8.87. The third-order valence-corrected chi connectivity index (χ3v) is 8.67. The van der Waals surface area contributed by atoms with Crippen molar-refractivity contribution < 1.29 is 9.53 Å². The first kappa shape index (κ1) is 36.2. The summed E-state index contributed by atoms with van der Waals surface area (Å²) in [6.07, 6.45) is 14.2. The molecular weight excluding hydrogens is 551 g/mol. The lowest BCUT2D eigenvalue weighted by molar-refractivity contribution is -0.0132. The Morgan fingerprint density at radius 2 is 1.88 bits per heavy atom. The van der Waals surface area contributed by atoms with Crippen LogP contribution in [0.4, 0.5) is 5.69 Å². The third kappa shape index (κ3) is 9.78. The maximum atomic E-state index is 10.7. The molecule has 1 saturated heterocycles. The van der Waals surface area contributed by atoms with E-state index < -0.39 is 0 Å². The van der Waals surface area contributed by atoms with Gasteiger partial charge in [0.1, 0.15) is 12.0 Å². The van der Waals surface area contributed by atoms with Crippen molar-refractivity contribution in [3.63, 3.8) is 0 Å². The number of hydrogen-bond donors (Lipinski definition) is 3. The Morgan fingerprint density at radius 3 is 2.47 bits per heavy atom. The first-order valence-corrected chi connectivity index (χ1v) is 16.6. The summed E-state index contributed by atoms with van der Waals surface area (Å²) in [6, 6.07) is 10.1. The molecule has 0 bridgehead atoms. The quantitative estimate of drug-likeness (QED) is 0.0872. The first-order valence-electron chi connectivity index (χ1n) is 16.1. The summed E-state index contributed by atoms with van der Waals surface area (Å²) in [4.78, 5) is 13.1. The maximum Gasteiger partial charge on any atom is 0.183 e. The van der Waals surface area contributed by atoms with Gasteiger partial charge in [0.15, 0.2) is 5.72 Å². The van der Waals surface area contributed by atoms with Crippen molar-refractivity contribution in [2.45, 2.75) is 98.1 Å². The van der Waals surface area contributed by atoms with Crippen molar-refractivity contribution in [1.82, 2.24) is 10.2 Å². The van der Waals surface area contributed by atoms with Gasteiger partial charge in [0, 0.05) is 60.2 Å². The van der Waals surface area contributed by atoms with Crippen LogP contribution in [0.1, 0.15) is 125 Å². The number of piperidine rings is 1. The molecule has 4 rings (SSSR count). The van der Waals surface area contributed by atoms with Gasteiger partial charge in [-0.15, -0.1) is 9.24 Å². The number of allylic oxidation sites excluding steroid dienone is 2. The van der Waals surface area contributed by atoms with Crippen LogP contribution in [0.25, 0.3) is 11.0 Å². The Kier molecular flexibility index (Phi) is 15.2. The molecule has 2 aromatic rings. The second kappa shape index (κ2) is 18.0. The third-order valence-electron chi connectivity index (χ3n) is 8.10. The Morgan fingerprint density at radius 1 is 1.19 bits per heavy atom. The lowest BCUT2D eigenvalue weighted by Crippen LogP contribution is -2.57. The Hall–Kier alpha value is -2.95. The second-order valence-electron chi connectivity index (χ2n) is 11.2. The SMILES string of the molecule is CC.CC/C=C1/NC2(CCN(C)CC2)Oc2ccc(/C(P)=C/CCCC)cc21.CCC(C)c1cc(C=O)cc(C=N)c1N. The number of anilines is 1. The number of unbranched alkanes of at least 4 members (excludes halogenated alkanes) is 2. The summed E-state index contributed by atoms with van der Waals surface area (Å²) in [7, 11) is 5.09. The molecule has 236 valence electrons. The van der Waals surface area contributed by atoms with Crippen molar-refractivity contribution in [3.05, 3.63) is 70.3 Å². The van der Waals surface area contributed by atoms with Crippen LogP contribution in [0.15, 0.2) is 42.5 Å². The number of ether oxygens (including phenoxy) is 1. The number of nitrogen functional groups attached to an aromatic ring is 1. The zero-order chi connectivity index (χ0) is 32.0. The summed E-state index contributed by atoms with van der Waals surface area (Å²) in [5.41, 5.74) is 12.1. The van der Waals surface area contributed by atoms with Crippen molar-refractivity contribution in [2.24, 2.45) is 0 Å². The normalized spacial score (nSPS) is 17.3. The molecule has 7 heteroatoms. The standard InChI is InChI=1S/C22H33N2OP.C12H16N2O.C2H6/c1-4-6-7-9-21(26)17-10-11-20-18(16-17)19(8-5-2)23-22(25-20)12-14-24(3)15-13-22;1-3-8(2)11-5-9(7-15)4-10(6-13)12(11)14;1-2/h8-11,16,23H,4-7,12-15,26H2,1-3H3;4-8,13H,3,14H2,1-2H3;1-2H3/b19-8+,21-9-;;. The van der Waals surface area contributed by atoms with Gasteiger partial charge in [-0.25, -0.2) is 0 Å². The number of likely N-dealkylation sites (tertiary alicyclic amines) is 1. The van der Waals surface area contributed by atoms with E-state index in [1.807, 2.05) is 19.9 Å². The van der Waals surface area contributed by atoms with Crippen LogP contribution >= 0.6 is 9.24 Å². The average molecular weight is 607 g/mol. The first-order chi connectivity index (χ1) is 20.7. The molecule has 2 unspecified atom stereocenters. The number of benzene rings is 2. The zero-order valence-corrected chi connectivity index (χ0v) is 28.7. The Balaban J connectivity index is 0.000000324. The van der Waals surface area contributed by atoms with E-state index in [9.17, 15) is 4.79 Å². The van der Waals surface area contributed by atoms with E-state index in [0.29, 0.717) is 22.7 Å². The number of nitrogens with two attached hydrogens (primary N) is 1. The molecule has 2 heterocycles. The van der Waals surface area contributed by atoms with Gasteiger partial charge < -0.3 is 26.1 Å². The molecule has 2 aliphatic heterocycles. The number of nitrogens with one attached hydrogen (secondary N) is 2. The minimum Gasteiger partial charge on any atom is -0.467 e. The van der Waals surface area contributed by atoms with Crippen molar-refractivity contribution in [2.75, 3.05) is 25.9 Å². The van der Waals surface area contributed by atoms with Crippen LogP contribution in [-0.4, -0.2) is 43.3 Å². The van der Waals surface area contributed by atoms with Crippen molar-refractivity contribution >= 4 is 38.4 Å². The van der Waals surface area contributed by atoms with Crippen LogP contribution < -0.4 is 15.8 Å². The lowest BCUT2D eigenvalue weighted by Gasteiger charge is -2.45. The van der Waals surface area contributed by atoms with Gasteiger partial charge in [-0.1, -0.05) is 72.6 Å². The van der Waals surface area contributed by atoms with Gasteiger partial charge in [-0.2, -0.15) is 0 Å². The maximum absolute atomic E-state index is 10.7. The topological polar surface area (TPSA) is 91.4 Å². The highest BCUT2D eigenvalue weighted by molar-refractivity contribution is 7.31. The van der Waals surface area contributed by atoms with Crippen molar-refractivity contribution in [1.29, 1.82) is 5.41 Å². The minimum absolute atomic E-state index is 0.247. The summed E-state index contributed by atoms with van der Waals surface area (Å²) in [6.45, 7) is 14.7. The molecule has 1 spiro atoms. The largest absolute Gasteiger partial charge is 0.467 e. The number of carbonyl (C=O) groups excluding carboxylic acids is 1. The van der Waals surface area contributed by atoms with Gasteiger partial charge >= 0.3 is 0 Å². The van der Waals surface area contributed by atoms with E-state index in [2.05, 4.69) is 84.6 Å². The summed E-state index contributed by atoms with van der Waals surface area (Å²) in [5, 5.41) is 12.3. The van der Waals surface area contributed by atoms with Crippen molar-refractivity contribution in [3.8, 4) is 5.75 Å². The van der Waals surface area contributed by atoms with E-state index in [1.54, 1.807) is 6.07 Å². The highest BCUT2D eigenvalue weighted by atomic mass is 31.0. The highest BCUT2D eigenvalue weighted by Crippen LogP contribution is 2.40. The zero-order valence-electron chi connectivity index (χ0n) is 27.6. The van der Waals surface area contributed by atoms with Gasteiger partial charge in [0.25, 0.3) is 0 Å². The molecule has 0 radical (unpaired) electrons. The number of nitrogens with zero attached hydrogens (tertiary/aromatic N) is 1. The van der Waals surface area contributed by atoms with Crippen LogP contribution in [0.2, 0.25) is 0 Å². The van der Waals surface area contributed by atoms with E-state index in [4.69, 9.17) is 15.9 Å². The number of rotatable bonds is 9. The number of hydrogen-bond acceptors (Lipinski definition) is 6. The fourth-order valence-electron chi connectivity index (χ4n) is 5.25. The highest BCUT2D eigenvalue weighted by Gasteiger charge is 2.40. The summed E-state index contributed by atoms with van der Waals surface area (Å²) in [5.74, 6) is 1.33. The molecule has 6 nitrogen and oxygen atoms in total. The minimum atomic E-state index is -0.247. The van der Waals surface area contributed by atoms with Crippen LogP contribution in [-0.2, 0) is 0 Å². The lowest BCUT2D eigenvalue weighted by atomic mass is 9.93. The molecular formula is C36H55N4O2P. The fraction of sp³-hybridized carbons (Fsp3) is 0.500. The smallest absolute Gasteiger partial charge is 0.183 e. The Bertz CT molecular complexity index is 1260. The summed E-state index contributed by atoms with van der Waals surface area (Å²) >= 11 is 0. The van der Waals surface area contributed by atoms with E-state index in [-0.39, 0.29) is 5.72 Å². The number of aldehydes is 1. The monoisotopic (exact) mass is 606 g/mol. The molecule has 1 fully saturated rings. The van der Waals surface area contributed by atoms with E-state index in [1.165, 1.54) is 41.2 Å². The van der Waals surface area contributed by atoms with Gasteiger partial charge in [-0.05, 0) is 72.9 Å². The molecule has 43 heavy (non-hydrogen) atoms. The molecule has 0 saturated carbocycles. The molecule has 2 atom stereocenters. The van der Waals surface area contributed by atoms with E-state index in [0.717, 1.165) is 62.8 Å². The van der Waals surface area contributed by atoms with Crippen LogP contribution in [0, 0.1) is 5.41 Å². The summed E-state index contributed by atoms with van der Waals surface area (Å²) < 4.78 is 6.51. The van der Waals surface area contributed by atoms with Crippen LogP contribution in [0.5, 0.6) is 5.75 Å². The number of carbonyl (C=O) groups is 1. The molecule has 0 aromatic heterocycles. The fourth-order valence-corrected chi connectivity index (χ4v) is 5.59. The van der Waals surface area contributed by atoms with Crippen LogP contribution in [0.3, 0.4) is 0 Å². The molecule has 2 aromatic carbocycles. The second-order valence-corrected chi connectivity index (χ2v) is 11.9. The van der Waals surface area contributed by atoms with Gasteiger partial charge in [-0.3, -0.25) is 4.79 Å². The molecule has 0 aliphatic carbocycles. The number of fused-ring (bicyclic) bond motifs is 1. The van der Waals surface area contributed by atoms with Gasteiger partial charge in [0.05, 0.1) is 0 Å². The molecule has 2 aliphatic rings. The van der Waals surface area contributed by atoms with Gasteiger partial charge in [0.2, 0.25) is 0 Å². The molecule has 0 amide bonds. The average Bonchev–Trinajstić information content (AvgIpc) is 3.03. The Labute approximate surface area is 263 Å².